The summed E-state index contributed by atoms with van der Waals surface area (Å²) in [6.07, 6.45) is 1.23. The van der Waals surface area contributed by atoms with E-state index in [0.717, 1.165) is 11.1 Å². The van der Waals surface area contributed by atoms with Crippen molar-refractivity contribution in [2.75, 3.05) is 18.5 Å². The number of oxime groups is 1. The SMILES string of the molecule is CCOc1cc(/C=N/O)cc(Cl)c1OCC(=O)Nc1ccc(C)c(C)c1. The summed E-state index contributed by atoms with van der Waals surface area (Å²) in [6, 6.07) is 8.85. The summed E-state index contributed by atoms with van der Waals surface area (Å²) in [5.74, 6) is 0.320. The molecule has 138 valence electrons. The quantitative estimate of drug-likeness (QED) is 0.431. The van der Waals surface area contributed by atoms with Gasteiger partial charge in [-0.25, -0.2) is 0 Å². The topological polar surface area (TPSA) is 80.2 Å². The Morgan fingerprint density at radius 2 is 2.00 bits per heavy atom. The summed E-state index contributed by atoms with van der Waals surface area (Å²) >= 11 is 6.21. The van der Waals surface area contributed by atoms with E-state index >= 15 is 0 Å². The monoisotopic (exact) mass is 376 g/mol. The zero-order chi connectivity index (χ0) is 19.1. The number of aryl methyl sites for hydroxylation is 2. The number of anilines is 1. The first kappa shape index (κ1) is 19.6. The minimum Gasteiger partial charge on any atom is -0.490 e. The summed E-state index contributed by atoms with van der Waals surface area (Å²) in [5.41, 5.74) is 3.49. The summed E-state index contributed by atoms with van der Waals surface area (Å²) < 4.78 is 11.1. The number of carbonyl (C=O) groups is 1. The minimum atomic E-state index is -0.312. The zero-order valence-electron chi connectivity index (χ0n) is 14.9. The molecule has 0 saturated heterocycles. The van der Waals surface area contributed by atoms with Crippen molar-refractivity contribution in [1.29, 1.82) is 0 Å². The Hall–Kier alpha value is -2.73. The fourth-order valence-corrected chi connectivity index (χ4v) is 2.56. The molecule has 2 aromatic carbocycles. The van der Waals surface area contributed by atoms with Gasteiger partial charge in [-0.3, -0.25) is 4.79 Å². The molecule has 0 aliphatic heterocycles. The molecule has 2 rings (SSSR count). The fraction of sp³-hybridized carbons (Fsp3) is 0.263. The normalized spacial score (nSPS) is 10.8. The Balaban J connectivity index is 2.09. The van der Waals surface area contributed by atoms with E-state index in [1.807, 2.05) is 39.0 Å². The minimum absolute atomic E-state index is 0.222. The number of carbonyl (C=O) groups excluding carboxylic acids is 1. The predicted molar refractivity (Wildman–Crippen MR) is 102 cm³/mol. The van der Waals surface area contributed by atoms with Gasteiger partial charge in [0.2, 0.25) is 0 Å². The lowest BCUT2D eigenvalue weighted by Crippen LogP contribution is -2.20. The van der Waals surface area contributed by atoms with Gasteiger partial charge in [0.1, 0.15) is 0 Å². The van der Waals surface area contributed by atoms with Crippen LogP contribution in [-0.2, 0) is 4.79 Å². The molecule has 0 heterocycles. The van der Waals surface area contributed by atoms with Crippen LogP contribution in [0.4, 0.5) is 5.69 Å². The Kier molecular flexibility index (Phi) is 6.86. The third-order valence-electron chi connectivity index (χ3n) is 3.68. The standard InChI is InChI=1S/C19H21ClN2O4/c1-4-25-17-9-14(10-21-24)8-16(20)19(17)26-11-18(23)22-15-6-5-12(2)13(3)7-15/h5-10,24H,4,11H2,1-3H3,(H,22,23)/b21-10+. The maximum atomic E-state index is 12.2. The number of benzene rings is 2. The van der Waals surface area contributed by atoms with Gasteiger partial charge in [-0.2, -0.15) is 0 Å². The molecule has 7 heteroatoms. The highest BCUT2D eigenvalue weighted by atomic mass is 35.5. The van der Waals surface area contributed by atoms with E-state index in [2.05, 4.69) is 10.5 Å². The van der Waals surface area contributed by atoms with Crippen molar-refractivity contribution in [3.05, 3.63) is 52.0 Å². The Morgan fingerprint density at radius 3 is 2.65 bits per heavy atom. The van der Waals surface area contributed by atoms with E-state index in [9.17, 15) is 4.79 Å². The first-order chi connectivity index (χ1) is 12.4. The second-order valence-corrected chi connectivity index (χ2v) is 6.05. The second kappa shape index (κ2) is 9.10. The van der Waals surface area contributed by atoms with Gasteiger partial charge >= 0.3 is 0 Å². The average Bonchev–Trinajstić information content (AvgIpc) is 2.58. The number of amides is 1. The summed E-state index contributed by atoms with van der Waals surface area (Å²) in [4.78, 5) is 12.2. The number of hydrogen-bond acceptors (Lipinski definition) is 5. The van der Waals surface area contributed by atoms with Crippen molar-refractivity contribution in [3.8, 4) is 11.5 Å². The van der Waals surface area contributed by atoms with E-state index in [1.165, 1.54) is 6.21 Å². The molecule has 2 N–H and O–H groups in total. The molecule has 0 spiro atoms. The van der Waals surface area contributed by atoms with Crippen molar-refractivity contribution >= 4 is 29.4 Å². The van der Waals surface area contributed by atoms with Crippen LogP contribution in [0.25, 0.3) is 0 Å². The summed E-state index contributed by atoms with van der Waals surface area (Å²) in [6.45, 7) is 5.97. The first-order valence-electron chi connectivity index (χ1n) is 8.08. The largest absolute Gasteiger partial charge is 0.490 e. The van der Waals surface area contributed by atoms with E-state index < -0.39 is 0 Å². The highest BCUT2D eigenvalue weighted by Crippen LogP contribution is 2.36. The lowest BCUT2D eigenvalue weighted by molar-refractivity contribution is -0.118. The van der Waals surface area contributed by atoms with Gasteiger partial charge in [-0.05, 0) is 56.2 Å². The molecule has 26 heavy (non-hydrogen) atoms. The molecule has 0 atom stereocenters. The van der Waals surface area contributed by atoms with Gasteiger partial charge in [-0.1, -0.05) is 22.8 Å². The molecule has 0 aliphatic rings. The molecule has 0 aliphatic carbocycles. The van der Waals surface area contributed by atoms with Gasteiger partial charge in [-0.15, -0.1) is 0 Å². The number of halogens is 1. The molecule has 1 amide bonds. The van der Waals surface area contributed by atoms with Gasteiger partial charge in [0.25, 0.3) is 5.91 Å². The van der Waals surface area contributed by atoms with Crippen molar-refractivity contribution in [2.24, 2.45) is 5.16 Å². The lowest BCUT2D eigenvalue weighted by Gasteiger charge is -2.14. The predicted octanol–water partition coefficient (Wildman–Crippen LogP) is 4.18. The maximum absolute atomic E-state index is 12.2. The number of nitrogens with zero attached hydrogens (tertiary/aromatic N) is 1. The molecule has 0 unspecified atom stereocenters. The van der Waals surface area contributed by atoms with Crippen LogP contribution in [0, 0.1) is 13.8 Å². The molecule has 6 nitrogen and oxygen atoms in total. The second-order valence-electron chi connectivity index (χ2n) is 5.64. The van der Waals surface area contributed by atoms with E-state index in [1.54, 1.807) is 12.1 Å². The number of rotatable bonds is 7. The lowest BCUT2D eigenvalue weighted by atomic mass is 10.1. The Morgan fingerprint density at radius 1 is 1.23 bits per heavy atom. The number of ether oxygens (including phenoxy) is 2. The van der Waals surface area contributed by atoms with Crippen LogP contribution >= 0.6 is 11.6 Å². The smallest absolute Gasteiger partial charge is 0.262 e. The molecule has 0 bridgehead atoms. The van der Waals surface area contributed by atoms with Gasteiger partial charge in [0, 0.05) is 11.3 Å². The van der Waals surface area contributed by atoms with Crippen molar-refractivity contribution in [1.82, 2.24) is 0 Å². The number of nitrogens with one attached hydrogen (secondary N) is 1. The van der Waals surface area contributed by atoms with Crippen molar-refractivity contribution < 1.29 is 19.5 Å². The van der Waals surface area contributed by atoms with Crippen LogP contribution in [-0.4, -0.2) is 30.5 Å². The van der Waals surface area contributed by atoms with Crippen LogP contribution in [0.5, 0.6) is 11.5 Å². The highest BCUT2D eigenvalue weighted by Gasteiger charge is 2.14. The molecule has 0 aromatic heterocycles. The summed E-state index contributed by atoms with van der Waals surface area (Å²) in [7, 11) is 0. The molecule has 0 fully saturated rings. The van der Waals surface area contributed by atoms with Crippen LogP contribution in [0.1, 0.15) is 23.6 Å². The average molecular weight is 377 g/mol. The Labute approximate surface area is 157 Å². The maximum Gasteiger partial charge on any atom is 0.262 e. The zero-order valence-corrected chi connectivity index (χ0v) is 15.6. The van der Waals surface area contributed by atoms with Gasteiger partial charge in [0.15, 0.2) is 18.1 Å². The van der Waals surface area contributed by atoms with Crippen molar-refractivity contribution in [3.63, 3.8) is 0 Å². The third kappa shape index (κ3) is 5.13. The third-order valence-corrected chi connectivity index (χ3v) is 3.96. The van der Waals surface area contributed by atoms with Crippen molar-refractivity contribution in [2.45, 2.75) is 20.8 Å². The van der Waals surface area contributed by atoms with Gasteiger partial charge < -0.3 is 20.0 Å². The van der Waals surface area contributed by atoms with Crippen LogP contribution in [0.3, 0.4) is 0 Å². The van der Waals surface area contributed by atoms with Crippen LogP contribution in [0.15, 0.2) is 35.5 Å². The molecule has 0 radical (unpaired) electrons. The molecular formula is C19H21ClN2O4. The first-order valence-corrected chi connectivity index (χ1v) is 8.46. The highest BCUT2D eigenvalue weighted by molar-refractivity contribution is 6.32. The summed E-state index contributed by atoms with van der Waals surface area (Å²) in [5, 5.41) is 14.7. The molecule has 0 saturated carbocycles. The van der Waals surface area contributed by atoms with E-state index in [-0.39, 0.29) is 23.3 Å². The number of hydrogen-bond donors (Lipinski definition) is 2. The van der Waals surface area contributed by atoms with E-state index in [4.69, 9.17) is 26.3 Å². The van der Waals surface area contributed by atoms with Crippen LogP contribution < -0.4 is 14.8 Å². The fourth-order valence-electron chi connectivity index (χ4n) is 2.29. The van der Waals surface area contributed by atoms with Crippen LogP contribution in [0.2, 0.25) is 5.02 Å². The molecular weight excluding hydrogens is 356 g/mol. The molecule has 2 aromatic rings. The van der Waals surface area contributed by atoms with E-state index in [0.29, 0.717) is 23.6 Å². The van der Waals surface area contributed by atoms with Gasteiger partial charge in [0.05, 0.1) is 17.8 Å². The Bertz CT molecular complexity index is 821.